The minimum absolute atomic E-state index is 0.0317. The van der Waals surface area contributed by atoms with E-state index in [-0.39, 0.29) is 19.8 Å². The van der Waals surface area contributed by atoms with Gasteiger partial charge in [-0.15, -0.1) is 23.5 Å². The van der Waals surface area contributed by atoms with Gasteiger partial charge in [-0.05, 0) is 42.0 Å². The van der Waals surface area contributed by atoms with Crippen LogP contribution < -0.4 is 0 Å². The highest BCUT2D eigenvalue weighted by Crippen LogP contribution is 2.21. The van der Waals surface area contributed by atoms with E-state index in [1.54, 1.807) is 24.3 Å². The number of hydrogen-bond acceptors (Lipinski definition) is 10. The molecule has 0 radical (unpaired) electrons. The average Bonchev–Trinajstić information content (AvgIpc) is 3.03. The van der Waals surface area contributed by atoms with E-state index in [1.807, 2.05) is 60.7 Å². The zero-order valence-electron chi connectivity index (χ0n) is 22.9. The molecule has 0 aliphatic heterocycles. The van der Waals surface area contributed by atoms with Crippen LogP contribution in [0.25, 0.3) is 0 Å². The number of ether oxygens (including phenoxy) is 3. The lowest BCUT2D eigenvalue weighted by Crippen LogP contribution is -2.27. The fourth-order valence-corrected chi connectivity index (χ4v) is 5.08. The van der Waals surface area contributed by atoms with Gasteiger partial charge in [0.05, 0.1) is 5.56 Å². The van der Waals surface area contributed by atoms with Gasteiger partial charge in [0.2, 0.25) is 0 Å². The summed E-state index contributed by atoms with van der Waals surface area (Å²) in [5.74, 6) is -0.796. The van der Waals surface area contributed by atoms with Crippen LogP contribution in [0.2, 0.25) is 0 Å². The van der Waals surface area contributed by atoms with Gasteiger partial charge in [0.25, 0.3) is 0 Å². The van der Waals surface area contributed by atoms with Gasteiger partial charge in [-0.25, -0.2) is 24.2 Å². The molecule has 0 heterocycles. The van der Waals surface area contributed by atoms with Crippen molar-refractivity contribution in [3.05, 3.63) is 121 Å². The number of rotatable bonds is 18. The number of benzene rings is 3. The molecule has 42 heavy (non-hydrogen) atoms. The summed E-state index contributed by atoms with van der Waals surface area (Å²) in [5, 5.41) is 0. The Morgan fingerprint density at radius 3 is 1.67 bits per heavy atom. The van der Waals surface area contributed by atoms with Gasteiger partial charge in [0, 0.05) is 33.4 Å². The number of carbonyl (C=O) groups excluding carboxylic acids is 3. The monoisotopic (exact) mass is 608 g/mol. The zero-order chi connectivity index (χ0) is 30.0. The molecule has 3 rings (SSSR count). The van der Waals surface area contributed by atoms with Crippen LogP contribution in [-0.4, -0.2) is 54.8 Å². The van der Waals surface area contributed by atoms with Crippen molar-refractivity contribution >= 4 is 41.4 Å². The molecule has 0 aliphatic carbocycles. The van der Waals surface area contributed by atoms with Crippen molar-refractivity contribution in [3.8, 4) is 0 Å². The van der Waals surface area contributed by atoms with Crippen molar-refractivity contribution in [3.63, 3.8) is 0 Å². The molecule has 10 heteroatoms. The van der Waals surface area contributed by atoms with Crippen LogP contribution in [0.4, 0.5) is 0 Å². The third-order valence-corrected chi connectivity index (χ3v) is 7.70. The van der Waals surface area contributed by atoms with Crippen LogP contribution in [0.3, 0.4) is 0 Å². The van der Waals surface area contributed by atoms with Gasteiger partial charge in [-0.3, -0.25) is 0 Å². The molecule has 3 aromatic carbocycles. The Bertz CT molecular complexity index is 1280. The second-order valence-electron chi connectivity index (χ2n) is 8.62. The fourth-order valence-electron chi connectivity index (χ4n) is 3.29. The summed E-state index contributed by atoms with van der Waals surface area (Å²) in [4.78, 5) is 48.7. The summed E-state index contributed by atoms with van der Waals surface area (Å²) < 4.78 is 16.1. The van der Waals surface area contributed by atoms with Crippen LogP contribution in [0.5, 0.6) is 0 Å². The average molecular weight is 609 g/mol. The SMILES string of the molecule is C=CC(=O)OC(COOCc1ccc(C(=O)OCC(CSc2ccccc2)OC(=O)C=C)cc1)CSc1ccccc1. The molecule has 0 fully saturated rings. The van der Waals surface area contributed by atoms with Gasteiger partial charge in [0.1, 0.15) is 32.0 Å². The van der Waals surface area contributed by atoms with E-state index < -0.39 is 30.1 Å². The molecule has 8 nitrogen and oxygen atoms in total. The van der Waals surface area contributed by atoms with Gasteiger partial charge in [-0.1, -0.05) is 61.7 Å². The van der Waals surface area contributed by atoms with Crippen LogP contribution in [0, 0.1) is 0 Å². The maximum Gasteiger partial charge on any atom is 0.338 e. The van der Waals surface area contributed by atoms with Crippen molar-refractivity contribution in [2.45, 2.75) is 28.6 Å². The van der Waals surface area contributed by atoms with E-state index in [9.17, 15) is 14.4 Å². The Morgan fingerprint density at radius 2 is 1.17 bits per heavy atom. The molecule has 2 unspecified atom stereocenters. The molecular weight excluding hydrogens is 576 g/mol. The number of carbonyl (C=O) groups is 3. The van der Waals surface area contributed by atoms with Gasteiger partial charge < -0.3 is 14.2 Å². The van der Waals surface area contributed by atoms with Crippen molar-refractivity contribution in [2.24, 2.45) is 0 Å². The first-order valence-corrected chi connectivity index (χ1v) is 15.0. The van der Waals surface area contributed by atoms with Gasteiger partial charge in [-0.2, -0.15) is 0 Å². The second kappa shape index (κ2) is 18.6. The van der Waals surface area contributed by atoms with Crippen LogP contribution >= 0.6 is 23.5 Å². The summed E-state index contributed by atoms with van der Waals surface area (Å²) in [7, 11) is 0. The lowest BCUT2D eigenvalue weighted by atomic mass is 10.1. The predicted molar refractivity (Wildman–Crippen MR) is 162 cm³/mol. The summed E-state index contributed by atoms with van der Waals surface area (Å²) in [6, 6.07) is 26.0. The Kier molecular flexibility index (Phi) is 14.5. The highest BCUT2D eigenvalue weighted by Gasteiger charge is 2.18. The van der Waals surface area contributed by atoms with E-state index >= 15 is 0 Å². The Balaban J connectivity index is 1.43. The first-order valence-electron chi connectivity index (χ1n) is 13.0. The van der Waals surface area contributed by atoms with Crippen molar-refractivity contribution < 1.29 is 38.4 Å². The normalized spacial score (nSPS) is 12.0. The molecule has 0 spiro atoms. The molecule has 0 saturated carbocycles. The van der Waals surface area contributed by atoms with Crippen molar-refractivity contribution in [1.29, 1.82) is 0 Å². The molecule has 0 N–H and O–H groups in total. The summed E-state index contributed by atoms with van der Waals surface area (Å²) in [6.07, 6.45) is 0.990. The highest BCUT2D eigenvalue weighted by atomic mass is 32.2. The van der Waals surface area contributed by atoms with E-state index in [1.165, 1.54) is 23.5 Å². The Hall–Kier alpha value is -3.83. The third-order valence-electron chi connectivity index (χ3n) is 5.41. The summed E-state index contributed by atoms with van der Waals surface area (Å²) >= 11 is 3.02. The quantitative estimate of drug-likeness (QED) is 0.0322. The third kappa shape index (κ3) is 12.4. The van der Waals surface area contributed by atoms with Gasteiger partial charge >= 0.3 is 17.9 Å². The maximum atomic E-state index is 12.6. The molecule has 0 saturated heterocycles. The standard InChI is InChI=1S/C32H32O8S2/c1-3-30(33)39-26(22-41-28-11-7-5-8-12-28)20-36-32(35)25-17-15-24(16-18-25)19-37-38-21-27(40-31(34)4-2)23-42-29-13-9-6-10-14-29/h3-18,26-27H,1-2,19-23H2. The van der Waals surface area contributed by atoms with Gasteiger partial charge in [0.15, 0.2) is 0 Å². The number of hydrogen-bond donors (Lipinski definition) is 0. The summed E-state index contributed by atoms with van der Waals surface area (Å²) in [6.45, 7) is 6.89. The molecular formula is C32H32O8S2. The molecule has 220 valence electrons. The predicted octanol–water partition coefficient (Wildman–Crippen LogP) is 6.07. The molecule has 0 bridgehead atoms. The van der Waals surface area contributed by atoms with Crippen molar-refractivity contribution in [2.75, 3.05) is 24.7 Å². The minimum Gasteiger partial charge on any atom is -0.458 e. The molecule has 0 aromatic heterocycles. The first kappa shape index (κ1) is 32.7. The fraction of sp³-hybridized carbons (Fsp3) is 0.219. The molecule has 0 aliphatic rings. The lowest BCUT2D eigenvalue weighted by Gasteiger charge is -2.17. The van der Waals surface area contributed by atoms with Crippen molar-refractivity contribution in [1.82, 2.24) is 0 Å². The Morgan fingerprint density at radius 1 is 0.667 bits per heavy atom. The van der Waals surface area contributed by atoms with Crippen LogP contribution in [0.15, 0.2) is 120 Å². The minimum atomic E-state index is -0.643. The second-order valence-corrected chi connectivity index (χ2v) is 10.8. The number of esters is 3. The lowest BCUT2D eigenvalue weighted by molar-refractivity contribution is -0.313. The smallest absolute Gasteiger partial charge is 0.338 e. The van der Waals surface area contributed by atoms with E-state index in [2.05, 4.69) is 13.2 Å². The molecule has 0 amide bonds. The molecule has 2 atom stereocenters. The summed E-state index contributed by atoms with van der Waals surface area (Å²) in [5.41, 5.74) is 1.08. The molecule has 3 aromatic rings. The number of thioether (sulfide) groups is 2. The van der Waals surface area contributed by atoms with E-state index in [0.717, 1.165) is 27.5 Å². The van der Waals surface area contributed by atoms with E-state index in [4.69, 9.17) is 24.0 Å². The Labute approximate surface area is 254 Å². The zero-order valence-corrected chi connectivity index (χ0v) is 24.6. The van der Waals surface area contributed by atoms with Crippen LogP contribution in [-0.2, 0) is 40.2 Å². The van der Waals surface area contributed by atoms with E-state index in [0.29, 0.717) is 17.1 Å². The maximum absolute atomic E-state index is 12.6. The van der Waals surface area contributed by atoms with Crippen LogP contribution in [0.1, 0.15) is 15.9 Å². The first-order chi connectivity index (χ1) is 20.5. The topological polar surface area (TPSA) is 97.4 Å². The largest absolute Gasteiger partial charge is 0.458 e. The highest BCUT2D eigenvalue weighted by molar-refractivity contribution is 7.99.